The number of β-amino-alcohol motifs (C(OH)–C–C–N with tert-alkyl or cyclic N) is 1. The molecule has 0 bridgehead atoms. The summed E-state index contributed by atoms with van der Waals surface area (Å²) in [5.74, 6) is 1.87. The molecule has 1 aliphatic rings. The van der Waals surface area contributed by atoms with E-state index >= 15 is 0 Å². The number of ether oxygens (including phenoxy) is 3. The zero-order valence-corrected chi connectivity index (χ0v) is 16.7. The first-order valence-corrected chi connectivity index (χ1v) is 9.47. The molecule has 2 aromatic rings. The monoisotopic (exact) mass is 405 g/mol. The molecule has 0 aromatic heterocycles. The standard InChI is InChI=1S/C21H24ClNO5/c1-26-17-7-8-19(27-2)14(11-17)12-21(25)23-10-9-20(18(24)13-23)28-16-5-3-15(22)4-6-16/h3-8,11,18,20,24H,9-10,12-13H2,1-2H3/t18-,20-/m1/s1. The van der Waals surface area contributed by atoms with E-state index in [2.05, 4.69) is 0 Å². The van der Waals surface area contributed by atoms with Crippen LogP contribution in [0.3, 0.4) is 0 Å². The minimum absolute atomic E-state index is 0.0736. The molecule has 2 atom stereocenters. The molecule has 1 N–H and O–H groups in total. The van der Waals surface area contributed by atoms with Gasteiger partial charge >= 0.3 is 0 Å². The molecule has 7 heteroatoms. The Morgan fingerprint density at radius 2 is 1.86 bits per heavy atom. The number of carbonyl (C=O) groups excluding carboxylic acids is 1. The number of amides is 1. The first-order valence-electron chi connectivity index (χ1n) is 9.09. The molecular weight excluding hydrogens is 382 g/mol. The molecule has 6 nitrogen and oxygen atoms in total. The summed E-state index contributed by atoms with van der Waals surface area (Å²) in [5.41, 5.74) is 0.751. The van der Waals surface area contributed by atoms with Crippen molar-refractivity contribution in [1.29, 1.82) is 0 Å². The molecule has 1 fully saturated rings. The van der Waals surface area contributed by atoms with E-state index in [1.165, 1.54) is 0 Å². The topological polar surface area (TPSA) is 68.2 Å². The van der Waals surface area contributed by atoms with Gasteiger partial charge in [-0.3, -0.25) is 4.79 Å². The highest BCUT2D eigenvalue weighted by atomic mass is 35.5. The van der Waals surface area contributed by atoms with Gasteiger partial charge in [0.25, 0.3) is 0 Å². The van der Waals surface area contributed by atoms with Crippen LogP contribution in [0, 0.1) is 0 Å². The van der Waals surface area contributed by atoms with Crippen molar-refractivity contribution in [3.63, 3.8) is 0 Å². The van der Waals surface area contributed by atoms with Gasteiger partial charge in [-0.1, -0.05) is 11.6 Å². The summed E-state index contributed by atoms with van der Waals surface area (Å²) in [7, 11) is 3.15. The van der Waals surface area contributed by atoms with Crippen molar-refractivity contribution in [2.24, 2.45) is 0 Å². The van der Waals surface area contributed by atoms with E-state index < -0.39 is 6.10 Å². The fourth-order valence-electron chi connectivity index (χ4n) is 3.26. The molecule has 1 aliphatic heterocycles. The minimum atomic E-state index is -0.763. The fraction of sp³-hybridized carbons (Fsp3) is 0.381. The highest BCUT2D eigenvalue weighted by Gasteiger charge is 2.31. The Kier molecular flexibility index (Phi) is 6.65. The number of rotatable bonds is 6. The van der Waals surface area contributed by atoms with Crippen molar-refractivity contribution in [3.05, 3.63) is 53.1 Å². The second kappa shape index (κ2) is 9.17. The highest BCUT2D eigenvalue weighted by molar-refractivity contribution is 6.30. The maximum absolute atomic E-state index is 12.7. The van der Waals surface area contributed by atoms with E-state index in [1.807, 2.05) is 0 Å². The van der Waals surface area contributed by atoms with Gasteiger partial charge in [-0.15, -0.1) is 0 Å². The van der Waals surface area contributed by atoms with Crippen LogP contribution in [0.5, 0.6) is 17.2 Å². The van der Waals surface area contributed by atoms with Crippen LogP contribution < -0.4 is 14.2 Å². The highest BCUT2D eigenvalue weighted by Crippen LogP contribution is 2.26. The molecule has 0 radical (unpaired) electrons. The Morgan fingerprint density at radius 1 is 1.14 bits per heavy atom. The lowest BCUT2D eigenvalue weighted by atomic mass is 10.0. The van der Waals surface area contributed by atoms with Gasteiger partial charge in [0.05, 0.1) is 27.2 Å². The number of hydrogen-bond acceptors (Lipinski definition) is 5. The van der Waals surface area contributed by atoms with Gasteiger partial charge in [0.15, 0.2) is 0 Å². The lowest BCUT2D eigenvalue weighted by molar-refractivity contribution is -0.136. The van der Waals surface area contributed by atoms with E-state index in [4.69, 9.17) is 25.8 Å². The molecule has 1 saturated heterocycles. The van der Waals surface area contributed by atoms with Crippen LogP contribution >= 0.6 is 11.6 Å². The number of nitrogens with zero attached hydrogens (tertiary/aromatic N) is 1. The summed E-state index contributed by atoms with van der Waals surface area (Å²) in [5, 5.41) is 11.1. The van der Waals surface area contributed by atoms with Crippen molar-refractivity contribution in [1.82, 2.24) is 4.90 Å². The molecule has 1 amide bonds. The van der Waals surface area contributed by atoms with E-state index in [1.54, 1.807) is 61.6 Å². The molecule has 2 aromatic carbocycles. The molecule has 0 spiro atoms. The second-order valence-corrected chi connectivity index (χ2v) is 7.10. The van der Waals surface area contributed by atoms with Gasteiger partial charge in [0.1, 0.15) is 29.5 Å². The number of halogens is 1. The average Bonchev–Trinajstić information content (AvgIpc) is 2.71. The Balaban J connectivity index is 1.60. The zero-order chi connectivity index (χ0) is 20.1. The lowest BCUT2D eigenvalue weighted by Gasteiger charge is -2.36. The molecule has 28 heavy (non-hydrogen) atoms. The molecule has 3 rings (SSSR count). The van der Waals surface area contributed by atoms with Crippen molar-refractivity contribution in [2.75, 3.05) is 27.3 Å². The molecule has 0 unspecified atom stereocenters. The van der Waals surface area contributed by atoms with Crippen molar-refractivity contribution < 1.29 is 24.1 Å². The zero-order valence-electron chi connectivity index (χ0n) is 15.9. The van der Waals surface area contributed by atoms with Crippen LogP contribution in [0.4, 0.5) is 0 Å². The van der Waals surface area contributed by atoms with Crippen molar-refractivity contribution in [2.45, 2.75) is 25.0 Å². The van der Waals surface area contributed by atoms with Crippen LogP contribution in [-0.4, -0.2) is 55.4 Å². The van der Waals surface area contributed by atoms with E-state index in [-0.39, 0.29) is 25.0 Å². The predicted octanol–water partition coefficient (Wildman–Crippen LogP) is 2.94. The van der Waals surface area contributed by atoms with Crippen molar-refractivity contribution >= 4 is 17.5 Å². The van der Waals surface area contributed by atoms with Crippen LogP contribution in [-0.2, 0) is 11.2 Å². The van der Waals surface area contributed by atoms with Crippen LogP contribution in [0.25, 0.3) is 0 Å². The van der Waals surface area contributed by atoms with Crippen molar-refractivity contribution in [3.8, 4) is 17.2 Å². The molecule has 150 valence electrons. The summed E-state index contributed by atoms with van der Waals surface area (Å²) in [6.45, 7) is 0.740. The quantitative estimate of drug-likeness (QED) is 0.800. The van der Waals surface area contributed by atoms with E-state index in [0.29, 0.717) is 35.2 Å². The number of likely N-dealkylation sites (tertiary alicyclic amines) is 1. The summed E-state index contributed by atoms with van der Waals surface area (Å²) in [6.07, 6.45) is -0.405. The third kappa shape index (κ3) is 4.88. The maximum Gasteiger partial charge on any atom is 0.227 e. The predicted molar refractivity (Wildman–Crippen MR) is 106 cm³/mol. The number of hydrogen-bond donors (Lipinski definition) is 1. The molecule has 0 saturated carbocycles. The van der Waals surface area contributed by atoms with Gasteiger partial charge in [0, 0.05) is 23.6 Å². The van der Waals surface area contributed by atoms with Gasteiger partial charge in [-0.25, -0.2) is 0 Å². The SMILES string of the molecule is COc1ccc(OC)c(CC(=O)N2CC[C@@H](Oc3ccc(Cl)cc3)[C@H](O)C2)c1. The van der Waals surface area contributed by atoms with Gasteiger partial charge in [-0.05, 0) is 42.5 Å². The Hall–Kier alpha value is -2.44. The van der Waals surface area contributed by atoms with Crippen LogP contribution in [0.15, 0.2) is 42.5 Å². The number of benzene rings is 2. The number of methoxy groups -OCH3 is 2. The first-order chi connectivity index (χ1) is 13.5. The Bertz CT molecular complexity index is 811. The smallest absolute Gasteiger partial charge is 0.227 e. The summed E-state index contributed by atoms with van der Waals surface area (Å²) < 4.78 is 16.4. The second-order valence-electron chi connectivity index (χ2n) is 6.66. The number of aliphatic hydroxyl groups is 1. The number of aliphatic hydroxyl groups excluding tert-OH is 1. The van der Waals surface area contributed by atoms with E-state index in [0.717, 1.165) is 5.56 Å². The Labute approximate surface area is 169 Å². The van der Waals surface area contributed by atoms with Gasteiger partial charge < -0.3 is 24.2 Å². The van der Waals surface area contributed by atoms with E-state index in [9.17, 15) is 9.90 Å². The van der Waals surface area contributed by atoms with Crippen LogP contribution in [0.2, 0.25) is 5.02 Å². The van der Waals surface area contributed by atoms with Gasteiger partial charge in [-0.2, -0.15) is 0 Å². The molecular formula is C21H24ClNO5. The number of piperidine rings is 1. The normalized spacial score (nSPS) is 19.2. The summed E-state index contributed by atoms with van der Waals surface area (Å²) in [4.78, 5) is 14.4. The third-order valence-electron chi connectivity index (χ3n) is 4.80. The third-order valence-corrected chi connectivity index (χ3v) is 5.06. The summed E-state index contributed by atoms with van der Waals surface area (Å²) in [6, 6.07) is 12.4. The van der Waals surface area contributed by atoms with Gasteiger partial charge in [0.2, 0.25) is 5.91 Å². The first kappa shape index (κ1) is 20.3. The number of carbonyl (C=O) groups is 1. The Morgan fingerprint density at radius 3 is 2.50 bits per heavy atom. The minimum Gasteiger partial charge on any atom is -0.497 e. The molecule has 1 heterocycles. The summed E-state index contributed by atoms with van der Waals surface area (Å²) >= 11 is 5.88. The lowest BCUT2D eigenvalue weighted by Crippen LogP contribution is -2.51. The maximum atomic E-state index is 12.7. The largest absolute Gasteiger partial charge is 0.497 e. The fourth-order valence-corrected chi connectivity index (χ4v) is 3.38. The van der Waals surface area contributed by atoms with Crippen LogP contribution in [0.1, 0.15) is 12.0 Å². The average molecular weight is 406 g/mol. The molecule has 0 aliphatic carbocycles.